The van der Waals surface area contributed by atoms with E-state index in [1.165, 1.54) is 42.6 Å². The number of nitrogens with zero attached hydrogens (tertiary/aromatic N) is 1. The van der Waals surface area contributed by atoms with Crippen molar-refractivity contribution in [3.05, 3.63) is 64.4 Å². The molecule has 3 aromatic rings. The summed E-state index contributed by atoms with van der Waals surface area (Å²) in [5, 5.41) is 4.49. The normalized spacial score (nSPS) is 11.1. The van der Waals surface area contributed by atoms with E-state index in [4.69, 9.17) is 16.3 Å². The second kappa shape index (κ2) is 8.76. The maximum Gasteiger partial charge on any atom is 0.263 e. The van der Waals surface area contributed by atoms with Crippen molar-refractivity contribution in [3.63, 3.8) is 0 Å². The number of halogens is 2. The Balaban J connectivity index is 1.61. The number of carbonyl (C=O) groups excluding carboxylic acids is 1. The van der Waals surface area contributed by atoms with Gasteiger partial charge in [-0.25, -0.2) is 17.8 Å². The lowest BCUT2D eigenvalue weighted by Gasteiger charge is -2.11. The Morgan fingerprint density at radius 1 is 1.24 bits per heavy atom. The number of ether oxygens (including phenoxy) is 1. The number of amides is 1. The molecule has 7 nitrogen and oxygen atoms in total. The number of hydrogen-bond donors (Lipinski definition) is 2. The van der Waals surface area contributed by atoms with Gasteiger partial charge in [-0.15, -0.1) is 11.3 Å². The molecular formula is C18H15ClFN3O4S2. The number of aryl methyl sites for hydroxylation is 1. The van der Waals surface area contributed by atoms with Crippen molar-refractivity contribution in [2.45, 2.75) is 11.8 Å². The monoisotopic (exact) mass is 455 g/mol. The predicted molar refractivity (Wildman–Crippen MR) is 110 cm³/mol. The van der Waals surface area contributed by atoms with Crippen LogP contribution in [0.3, 0.4) is 0 Å². The summed E-state index contributed by atoms with van der Waals surface area (Å²) >= 11 is 7.05. The first-order valence-electron chi connectivity index (χ1n) is 8.16. The molecule has 0 aliphatic heterocycles. The Morgan fingerprint density at radius 2 is 1.97 bits per heavy atom. The van der Waals surface area contributed by atoms with Crippen molar-refractivity contribution in [1.29, 1.82) is 0 Å². The van der Waals surface area contributed by atoms with Crippen molar-refractivity contribution in [1.82, 2.24) is 4.98 Å². The molecule has 0 unspecified atom stereocenters. The Kier molecular flexibility index (Phi) is 6.36. The van der Waals surface area contributed by atoms with Gasteiger partial charge in [0.1, 0.15) is 0 Å². The smallest absolute Gasteiger partial charge is 0.263 e. The van der Waals surface area contributed by atoms with Crippen LogP contribution in [0, 0.1) is 12.7 Å². The molecule has 0 aliphatic rings. The SMILES string of the molecule is Cc1ccc(Cl)c(OCC(=O)Nc2ccc(S(=O)(=O)Nc3nccs3)cc2)c1F. The third-order valence-electron chi connectivity index (χ3n) is 3.69. The summed E-state index contributed by atoms with van der Waals surface area (Å²) in [6.45, 7) is 1.09. The molecular weight excluding hydrogens is 441 g/mol. The molecule has 1 aromatic heterocycles. The van der Waals surface area contributed by atoms with Crippen LogP contribution in [0.1, 0.15) is 5.56 Å². The quantitative estimate of drug-likeness (QED) is 0.559. The summed E-state index contributed by atoms with van der Waals surface area (Å²) in [7, 11) is -3.78. The standard InChI is InChI=1S/C18H15ClFN3O4S2/c1-11-2-7-14(19)17(16(11)20)27-10-15(24)22-12-3-5-13(6-4-12)29(25,26)23-18-21-8-9-28-18/h2-9H,10H2,1H3,(H,21,23)(H,22,24). The third kappa shape index (κ3) is 5.22. The molecule has 0 bridgehead atoms. The van der Waals surface area contributed by atoms with E-state index in [0.29, 0.717) is 11.3 Å². The molecule has 152 valence electrons. The lowest BCUT2D eigenvalue weighted by Crippen LogP contribution is -2.20. The van der Waals surface area contributed by atoms with Crippen molar-refractivity contribution < 1.29 is 22.3 Å². The molecule has 1 amide bonds. The van der Waals surface area contributed by atoms with E-state index in [1.807, 2.05) is 0 Å². The predicted octanol–water partition coefficient (Wildman–Crippen LogP) is 4.06. The summed E-state index contributed by atoms with van der Waals surface area (Å²) in [5.41, 5.74) is 0.690. The molecule has 0 aliphatic carbocycles. The zero-order chi connectivity index (χ0) is 21.0. The summed E-state index contributed by atoms with van der Waals surface area (Å²) in [6, 6.07) is 8.51. The molecule has 1 heterocycles. The minimum atomic E-state index is -3.78. The van der Waals surface area contributed by atoms with Gasteiger partial charge in [0.15, 0.2) is 23.3 Å². The zero-order valence-corrected chi connectivity index (χ0v) is 17.4. The first-order valence-corrected chi connectivity index (χ1v) is 10.9. The highest BCUT2D eigenvalue weighted by atomic mass is 35.5. The van der Waals surface area contributed by atoms with E-state index < -0.39 is 28.4 Å². The number of hydrogen-bond acceptors (Lipinski definition) is 6. The van der Waals surface area contributed by atoms with E-state index in [0.717, 1.165) is 11.3 Å². The van der Waals surface area contributed by atoms with Crippen LogP contribution < -0.4 is 14.8 Å². The second-order valence-corrected chi connectivity index (χ2v) is 8.80. The fraction of sp³-hybridized carbons (Fsp3) is 0.111. The Hall–Kier alpha value is -2.69. The van der Waals surface area contributed by atoms with E-state index in [-0.39, 0.29) is 20.8 Å². The van der Waals surface area contributed by atoms with Gasteiger partial charge >= 0.3 is 0 Å². The fourth-order valence-electron chi connectivity index (χ4n) is 2.26. The van der Waals surface area contributed by atoms with Gasteiger partial charge in [0, 0.05) is 17.3 Å². The van der Waals surface area contributed by atoms with Gasteiger partial charge in [-0.1, -0.05) is 17.7 Å². The maximum absolute atomic E-state index is 14.0. The van der Waals surface area contributed by atoms with Crippen LogP contribution in [-0.4, -0.2) is 25.9 Å². The molecule has 0 fully saturated rings. The number of carbonyl (C=O) groups is 1. The van der Waals surface area contributed by atoms with E-state index in [1.54, 1.807) is 12.3 Å². The van der Waals surface area contributed by atoms with Crippen LogP contribution in [0.5, 0.6) is 5.75 Å². The Morgan fingerprint density at radius 3 is 2.62 bits per heavy atom. The molecule has 0 spiro atoms. The number of nitrogens with one attached hydrogen (secondary N) is 2. The van der Waals surface area contributed by atoms with Gasteiger partial charge in [0.2, 0.25) is 0 Å². The lowest BCUT2D eigenvalue weighted by molar-refractivity contribution is -0.118. The van der Waals surface area contributed by atoms with E-state index in [2.05, 4.69) is 15.0 Å². The van der Waals surface area contributed by atoms with Crippen LogP contribution in [0.25, 0.3) is 0 Å². The van der Waals surface area contributed by atoms with Gasteiger partial charge in [-0.2, -0.15) is 0 Å². The second-order valence-electron chi connectivity index (χ2n) is 5.81. The molecule has 11 heteroatoms. The number of rotatable bonds is 7. The summed E-state index contributed by atoms with van der Waals surface area (Å²) in [6.07, 6.45) is 1.49. The maximum atomic E-state index is 14.0. The minimum Gasteiger partial charge on any atom is -0.479 e. The number of aromatic nitrogens is 1. The van der Waals surface area contributed by atoms with E-state index in [9.17, 15) is 17.6 Å². The Labute approximate surface area is 175 Å². The van der Waals surface area contributed by atoms with Crippen molar-refractivity contribution in [2.24, 2.45) is 0 Å². The van der Waals surface area contributed by atoms with Gasteiger partial charge in [0.25, 0.3) is 15.9 Å². The van der Waals surface area contributed by atoms with Crippen molar-refractivity contribution in [3.8, 4) is 5.75 Å². The number of sulfonamides is 1. The first kappa shape index (κ1) is 21.0. The zero-order valence-electron chi connectivity index (χ0n) is 15.0. The van der Waals surface area contributed by atoms with Crippen molar-refractivity contribution in [2.75, 3.05) is 16.6 Å². The van der Waals surface area contributed by atoms with Gasteiger partial charge < -0.3 is 10.1 Å². The molecule has 0 saturated carbocycles. The van der Waals surface area contributed by atoms with Gasteiger partial charge in [-0.3, -0.25) is 9.52 Å². The molecule has 2 N–H and O–H groups in total. The average molecular weight is 456 g/mol. The highest BCUT2D eigenvalue weighted by molar-refractivity contribution is 7.93. The van der Waals surface area contributed by atoms with Crippen molar-refractivity contribution >= 4 is 49.7 Å². The molecule has 0 radical (unpaired) electrons. The average Bonchev–Trinajstić information content (AvgIpc) is 3.17. The van der Waals surface area contributed by atoms with Crippen LogP contribution in [0.15, 0.2) is 52.9 Å². The largest absolute Gasteiger partial charge is 0.479 e. The molecule has 0 atom stereocenters. The number of benzene rings is 2. The van der Waals surface area contributed by atoms with Crippen LogP contribution in [0.2, 0.25) is 5.02 Å². The third-order valence-corrected chi connectivity index (χ3v) is 6.16. The van der Waals surface area contributed by atoms with Gasteiger partial charge in [-0.05, 0) is 42.8 Å². The molecule has 3 rings (SSSR count). The number of anilines is 2. The summed E-state index contributed by atoms with van der Waals surface area (Å²) in [5.74, 6) is -1.39. The molecule has 29 heavy (non-hydrogen) atoms. The Bertz CT molecular complexity index is 1120. The first-order chi connectivity index (χ1) is 13.8. The lowest BCUT2D eigenvalue weighted by atomic mass is 10.2. The number of thiazole rings is 1. The fourth-order valence-corrected chi connectivity index (χ4v) is 4.25. The molecule has 2 aromatic carbocycles. The topological polar surface area (TPSA) is 97.4 Å². The highest BCUT2D eigenvalue weighted by Gasteiger charge is 2.16. The van der Waals surface area contributed by atoms with Crippen LogP contribution in [0.4, 0.5) is 15.2 Å². The summed E-state index contributed by atoms with van der Waals surface area (Å²) < 4.78 is 46.1. The van der Waals surface area contributed by atoms with E-state index >= 15 is 0 Å². The van der Waals surface area contributed by atoms with Crippen LogP contribution >= 0.6 is 22.9 Å². The summed E-state index contributed by atoms with van der Waals surface area (Å²) in [4.78, 5) is 15.9. The molecule has 0 saturated heterocycles. The van der Waals surface area contributed by atoms with Gasteiger partial charge in [0.05, 0.1) is 9.92 Å². The van der Waals surface area contributed by atoms with Crippen LogP contribution in [-0.2, 0) is 14.8 Å². The minimum absolute atomic E-state index is 0.00978. The highest BCUT2D eigenvalue weighted by Crippen LogP contribution is 2.29.